The molecule has 2 aliphatic rings. The Bertz CT molecular complexity index is 526. The molecule has 0 radical (unpaired) electrons. The van der Waals surface area contributed by atoms with Crippen molar-refractivity contribution in [1.29, 1.82) is 0 Å². The van der Waals surface area contributed by atoms with Crippen LogP contribution in [-0.4, -0.2) is 17.4 Å². The lowest BCUT2D eigenvalue weighted by molar-refractivity contribution is -0.133. The fraction of sp³-hybridized carbons (Fsp3) is 0.588. The topological polar surface area (TPSA) is 20.3 Å². The van der Waals surface area contributed by atoms with Gasteiger partial charge in [-0.15, -0.1) is 0 Å². The van der Waals surface area contributed by atoms with Gasteiger partial charge in [0.1, 0.15) is 0 Å². The van der Waals surface area contributed by atoms with Crippen LogP contribution in [0.2, 0.25) is 10.0 Å². The minimum Gasteiger partial charge on any atom is -0.338 e. The summed E-state index contributed by atoms with van der Waals surface area (Å²) >= 11 is 12.1. The van der Waals surface area contributed by atoms with Gasteiger partial charge in [0, 0.05) is 29.1 Å². The van der Waals surface area contributed by atoms with Crippen LogP contribution in [0.25, 0.3) is 0 Å². The first-order chi connectivity index (χ1) is 10.1. The van der Waals surface area contributed by atoms with Crippen LogP contribution >= 0.6 is 23.2 Å². The molecule has 2 nitrogen and oxygen atoms in total. The van der Waals surface area contributed by atoms with Gasteiger partial charge in [-0.1, -0.05) is 48.5 Å². The number of halogens is 2. The molecule has 21 heavy (non-hydrogen) atoms. The van der Waals surface area contributed by atoms with E-state index >= 15 is 0 Å². The molecule has 1 saturated heterocycles. The van der Waals surface area contributed by atoms with E-state index in [1.807, 2.05) is 17.0 Å². The van der Waals surface area contributed by atoms with Crippen molar-refractivity contribution in [2.24, 2.45) is 11.8 Å². The maximum absolute atomic E-state index is 12.6. The number of hydrogen-bond acceptors (Lipinski definition) is 1. The summed E-state index contributed by atoms with van der Waals surface area (Å²) in [4.78, 5) is 14.6. The summed E-state index contributed by atoms with van der Waals surface area (Å²) in [6.07, 6.45) is 7.38. The summed E-state index contributed by atoms with van der Waals surface area (Å²) in [7, 11) is 0. The third-order valence-corrected chi connectivity index (χ3v) is 5.52. The Balaban J connectivity index is 1.66. The SMILES string of the molecule is O=C1C(C2CCCCC2)CCN1Cc1ccc(Cl)cc1Cl. The van der Waals surface area contributed by atoms with E-state index in [4.69, 9.17) is 23.2 Å². The first-order valence-electron chi connectivity index (χ1n) is 7.88. The fourth-order valence-corrected chi connectivity index (χ4v) is 4.22. The number of rotatable bonds is 3. The van der Waals surface area contributed by atoms with Crippen LogP contribution in [0.1, 0.15) is 44.1 Å². The van der Waals surface area contributed by atoms with Gasteiger partial charge in [-0.25, -0.2) is 0 Å². The largest absolute Gasteiger partial charge is 0.338 e. The Labute approximate surface area is 136 Å². The smallest absolute Gasteiger partial charge is 0.226 e. The molecule has 1 aliphatic heterocycles. The highest BCUT2D eigenvalue weighted by Crippen LogP contribution is 2.36. The molecular weight excluding hydrogens is 305 g/mol. The molecule has 1 atom stereocenters. The summed E-state index contributed by atoms with van der Waals surface area (Å²) in [6, 6.07) is 5.51. The summed E-state index contributed by atoms with van der Waals surface area (Å²) in [5.74, 6) is 1.18. The molecule has 0 spiro atoms. The third kappa shape index (κ3) is 3.37. The molecule has 2 fully saturated rings. The van der Waals surface area contributed by atoms with Crippen LogP contribution in [-0.2, 0) is 11.3 Å². The highest BCUT2D eigenvalue weighted by molar-refractivity contribution is 6.35. The van der Waals surface area contributed by atoms with Crippen molar-refractivity contribution in [3.05, 3.63) is 33.8 Å². The predicted octanol–water partition coefficient (Wildman–Crippen LogP) is 4.92. The monoisotopic (exact) mass is 325 g/mol. The van der Waals surface area contributed by atoms with Gasteiger partial charge in [-0.2, -0.15) is 0 Å². The van der Waals surface area contributed by atoms with Crippen LogP contribution in [0.15, 0.2) is 18.2 Å². The first-order valence-corrected chi connectivity index (χ1v) is 8.63. The normalized spacial score (nSPS) is 23.8. The average molecular weight is 326 g/mol. The highest BCUT2D eigenvalue weighted by atomic mass is 35.5. The number of carbonyl (C=O) groups is 1. The van der Waals surface area contributed by atoms with Crippen molar-refractivity contribution in [3.8, 4) is 0 Å². The van der Waals surface area contributed by atoms with Crippen molar-refractivity contribution in [1.82, 2.24) is 4.90 Å². The molecule has 1 heterocycles. The van der Waals surface area contributed by atoms with Crippen molar-refractivity contribution < 1.29 is 4.79 Å². The minimum atomic E-state index is 0.247. The van der Waals surface area contributed by atoms with Gasteiger partial charge < -0.3 is 4.90 Å². The van der Waals surface area contributed by atoms with Crippen LogP contribution in [0.3, 0.4) is 0 Å². The highest BCUT2D eigenvalue weighted by Gasteiger charge is 2.37. The lowest BCUT2D eigenvalue weighted by atomic mass is 9.79. The molecule has 1 unspecified atom stereocenters. The van der Waals surface area contributed by atoms with Gasteiger partial charge >= 0.3 is 0 Å². The van der Waals surface area contributed by atoms with E-state index in [0.717, 1.165) is 18.5 Å². The molecule has 1 amide bonds. The second kappa shape index (κ2) is 6.58. The lowest BCUT2D eigenvalue weighted by Gasteiger charge is -2.26. The first kappa shape index (κ1) is 15.2. The Morgan fingerprint density at radius 3 is 2.57 bits per heavy atom. The molecule has 1 aromatic carbocycles. The summed E-state index contributed by atoms with van der Waals surface area (Å²) in [5.41, 5.74) is 0.985. The maximum Gasteiger partial charge on any atom is 0.226 e. The number of likely N-dealkylation sites (tertiary alicyclic amines) is 1. The van der Waals surface area contributed by atoms with Gasteiger partial charge in [-0.3, -0.25) is 4.79 Å². The van der Waals surface area contributed by atoms with Gasteiger partial charge in [0.15, 0.2) is 0 Å². The molecular formula is C17H21Cl2NO. The molecule has 1 aliphatic carbocycles. The van der Waals surface area contributed by atoms with E-state index in [2.05, 4.69) is 0 Å². The zero-order valence-corrected chi connectivity index (χ0v) is 13.7. The lowest BCUT2D eigenvalue weighted by Crippen LogP contribution is -2.30. The van der Waals surface area contributed by atoms with Crippen molar-refractivity contribution in [2.45, 2.75) is 45.1 Å². The van der Waals surface area contributed by atoms with Crippen molar-refractivity contribution in [2.75, 3.05) is 6.54 Å². The van der Waals surface area contributed by atoms with E-state index in [1.165, 1.54) is 32.1 Å². The molecule has 0 aromatic heterocycles. The zero-order chi connectivity index (χ0) is 14.8. The number of nitrogens with zero attached hydrogens (tertiary/aromatic N) is 1. The number of benzene rings is 1. The Kier molecular flexibility index (Phi) is 4.75. The summed E-state index contributed by atoms with van der Waals surface area (Å²) in [5, 5.41) is 1.29. The van der Waals surface area contributed by atoms with Crippen LogP contribution in [0.5, 0.6) is 0 Å². The molecule has 1 aromatic rings. The van der Waals surface area contributed by atoms with E-state index < -0.39 is 0 Å². The van der Waals surface area contributed by atoms with E-state index in [-0.39, 0.29) is 5.92 Å². The van der Waals surface area contributed by atoms with Gasteiger partial charge in [0.05, 0.1) is 0 Å². The van der Waals surface area contributed by atoms with E-state index in [9.17, 15) is 4.79 Å². The summed E-state index contributed by atoms with van der Waals surface area (Å²) in [6.45, 7) is 1.47. The fourth-order valence-electron chi connectivity index (χ4n) is 3.75. The zero-order valence-electron chi connectivity index (χ0n) is 12.2. The van der Waals surface area contributed by atoms with Crippen LogP contribution < -0.4 is 0 Å². The average Bonchev–Trinajstić information content (AvgIpc) is 2.84. The van der Waals surface area contributed by atoms with Crippen molar-refractivity contribution >= 4 is 29.1 Å². The Hall–Kier alpha value is -0.730. The third-order valence-electron chi connectivity index (χ3n) is 4.93. The van der Waals surface area contributed by atoms with Gasteiger partial charge in [0.25, 0.3) is 0 Å². The maximum atomic E-state index is 12.6. The van der Waals surface area contributed by atoms with Crippen LogP contribution in [0, 0.1) is 11.8 Å². The molecule has 3 rings (SSSR count). The van der Waals surface area contributed by atoms with Gasteiger partial charge in [-0.05, 0) is 42.9 Å². The number of amides is 1. The second-order valence-corrected chi connectivity index (χ2v) is 7.13. The van der Waals surface area contributed by atoms with E-state index in [1.54, 1.807) is 6.07 Å². The van der Waals surface area contributed by atoms with E-state index in [0.29, 0.717) is 28.4 Å². The van der Waals surface area contributed by atoms with Gasteiger partial charge in [0.2, 0.25) is 5.91 Å². The molecule has 114 valence electrons. The van der Waals surface area contributed by atoms with Crippen LogP contribution in [0.4, 0.5) is 0 Å². The summed E-state index contributed by atoms with van der Waals surface area (Å²) < 4.78 is 0. The Morgan fingerprint density at radius 1 is 1.10 bits per heavy atom. The number of carbonyl (C=O) groups excluding carboxylic acids is 1. The molecule has 4 heteroatoms. The minimum absolute atomic E-state index is 0.247. The number of hydrogen-bond donors (Lipinski definition) is 0. The predicted molar refractivity (Wildman–Crippen MR) is 86.6 cm³/mol. The Morgan fingerprint density at radius 2 is 1.86 bits per heavy atom. The quantitative estimate of drug-likeness (QED) is 0.772. The van der Waals surface area contributed by atoms with Crippen molar-refractivity contribution in [3.63, 3.8) is 0 Å². The molecule has 0 bridgehead atoms. The second-order valence-electron chi connectivity index (χ2n) is 6.29. The molecule has 0 N–H and O–H groups in total. The molecule has 1 saturated carbocycles. The standard InChI is InChI=1S/C17H21Cl2NO/c18-14-7-6-13(16(19)10-14)11-20-9-8-15(17(20)21)12-4-2-1-3-5-12/h6-7,10,12,15H,1-5,8-9,11H2.